The lowest BCUT2D eigenvalue weighted by atomic mass is 9.91. The van der Waals surface area contributed by atoms with E-state index in [1.54, 1.807) is 24.8 Å². The zero-order chi connectivity index (χ0) is 19.5. The summed E-state index contributed by atoms with van der Waals surface area (Å²) in [5, 5.41) is 0.575. The largest absolute Gasteiger partial charge is 0.375 e. The summed E-state index contributed by atoms with van der Waals surface area (Å²) in [5.74, 6) is 3.01. The number of halogens is 1. The summed E-state index contributed by atoms with van der Waals surface area (Å²) in [6, 6.07) is 3.76. The fourth-order valence-corrected chi connectivity index (χ4v) is 4.58. The van der Waals surface area contributed by atoms with Crippen LogP contribution in [0.25, 0.3) is 0 Å². The van der Waals surface area contributed by atoms with Crippen molar-refractivity contribution in [3.05, 3.63) is 41.4 Å². The molecule has 2 fully saturated rings. The van der Waals surface area contributed by atoms with Crippen LogP contribution in [0, 0.1) is 17.8 Å². The van der Waals surface area contributed by atoms with Crippen LogP contribution in [0.5, 0.6) is 0 Å². The fourth-order valence-electron chi connectivity index (χ4n) is 4.02. The number of pyridine rings is 1. The van der Waals surface area contributed by atoms with Gasteiger partial charge in [-0.25, -0.2) is 9.97 Å². The maximum atomic E-state index is 11.4. The number of aromatic nitrogens is 3. The average molecular weight is 421 g/mol. The number of ether oxygens (including phenoxy) is 1. The van der Waals surface area contributed by atoms with Crippen molar-refractivity contribution in [3.63, 3.8) is 0 Å². The minimum absolute atomic E-state index is 0.520. The van der Waals surface area contributed by atoms with E-state index in [2.05, 4.69) is 19.9 Å². The molecule has 3 unspecified atom stereocenters. The molecule has 3 heterocycles. The van der Waals surface area contributed by atoms with Gasteiger partial charge in [0.05, 0.1) is 52.0 Å². The smallest absolute Gasteiger partial charge is 0.225 e. The maximum absolute atomic E-state index is 11.4. The second kappa shape index (κ2) is 8.84. The van der Waals surface area contributed by atoms with Gasteiger partial charge >= 0.3 is 0 Å². The highest BCUT2D eigenvalue weighted by molar-refractivity contribution is 7.84. The van der Waals surface area contributed by atoms with Crippen molar-refractivity contribution in [2.75, 3.05) is 30.9 Å². The molecule has 0 spiro atoms. The van der Waals surface area contributed by atoms with Crippen LogP contribution in [-0.4, -0.2) is 45.1 Å². The van der Waals surface area contributed by atoms with Gasteiger partial charge < -0.3 is 9.64 Å². The van der Waals surface area contributed by atoms with Crippen LogP contribution >= 0.6 is 11.6 Å². The minimum Gasteiger partial charge on any atom is -0.375 e. The van der Waals surface area contributed by atoms with E-state index >= 15 is 0 Å². The Labute approximate surface area is 173 Å². The second-order valence-electron chi connectivity index (χ2n) is 7.64. The third-order valence-electron chi connectivity index (χ3n) is 5.72. The van der Waals surface area contributed by atoms with Crippen LogP contribution in [0.15, 0.2) is 35.6 Å². The van der Waals surface area contributed by atoms with Crippen molar-refractivity contribution in [3.8, 4) is 0 Å². The van der Waals surface area contributed by atoms with Crippen molar-refractivity contribution in [2.45, 2.75) is 30.8 Å². The lowest BCUT2D eigenvalue weighted by Gasteiger charge is -2.32. The summed E-state index contributed by atoms with van der Waals surface area (Å²) in [5.41, 5.74) is 0.891. The second-order valence-corrected chi connectivity index (χ2v) is 9.46. The molecule has 8 heteroatoms. The number of rotatable bonds is 7. The van der Waals surface area contributed by atoms with Gasteiger partial charge in [-0.05, 0) is 49.1 Å². The molecular formula is C20H25ClN4O2S. The van der Waals surface area contributed by atoms with Crippen LogP contribution in [0.3, 0.4) is 0 Å². The molecule has 0 amide bonds. The Kier molecular flexibility index (Phi) is 6.23. The monoisotopic (exact) mass is 420 g/mol. The zero-order valence-corrected chi connectivity index (χ0v) is 17.5. The number of hydrogen-bond acceptors (Lipinski definition) is 6. The van der Waals surface area contributed by atoms with E-state index < -0.39 is 10.8 Å². The molecule has 1 saturated heterocycles. The maximum Gasteiger partial charge on any atom is 0.225 e. The molecule has 0 N–H and O–H groups in total. The van der Waals surface area contributed by atoms with Gasteiger partial charge in [0.1, 0.15) is 0 Å². The first kappa shape index (κ1) is 19.7. The van der Waals surface area contributed by atoms with Gasteiger partial charge in [0.25, 0.3) is 0 Å². The Balaban J connectivity index is 1.17. The van der Waals surface area contributed by atoms with Crippen LogP contribution < -0.4 is 4.90 Å². The van der Waals surface area contributed by atoms with Crippen LogP contribution in [0.4, 0.5) is 5.95 Å². The fraction of sp³-hybridized carbons (Fsp3) is 0.550. The molecule has 6 nitrogen and oxygen atoms in total. The topological polar surface area (TPSA) is 68.2 Å². The molecule has 1 saturated carbocycles. The number of nitrogens with zero attached hydrogens (tertiary/aromatic N) is 4. The lowest BCUT2D eigenvalue weighted by molar-refractivity contribution is 0.102. The van der Waals surface area contributed by atoms with E-state index in [4.69, 9.17) is 16.3 Å². The normalized spacial score (nSPS) is 23.6. The molecular weight excluding hydrogens is 396 g/mol. The third-order valence-corrected chi connectivity index (χ3v) is 6.82. The SMILES string of the molecule is CS(=O)c1ccc(COCC2CC2C2CCN(c3ncc(Cl)cn3)CC2)nc1. The molecule has 150 valence electrons. The Morgan fingerprint density at radius 1 is 1.18 bits per heavy atom. The number of anilines is 1. The van der Waals surface area contributed by atoms with E-state index in [1.165, 1.54) is 19.3 Å². The summed E-state index contributed by atoms with van der Waals surface area (Å²) in [4.78, 5) is 16.0. The summed E-state index contributed by atoms with van der Waals surface area (Å²) < 4.78 is 17.3. The van der Waals surface area contributed by atoms with E-state index in [0.29, 0.717) is 17.5 Å². The first-order valence-corrected chi connectivity index (χ1v) is 11.6. The van der Waals surface area contributed by atoms with Gasteiger partial charge in [-0.2, -0.15) is 0 Å². The summed E-state index contributed by atoms with van der Waals surface area (Å²) in [6.45, 7) is 3.33. The Morgan fingerprint density at radius 3 is 2.57 bits per heavy atom. The molecule has 2 aromatic rings. The Hall–Kier alpha value is -1.57. The summed E-state index contributed by atoms with van der Waals surface area (Å²) >= 11 is 5.87. The van der Waals surface area contributed by atoms with Gasteiger partial charge in [0.2, 0.25) is 5.95 Å². The molecule has 2 aliphatic rings. The van der Waals surface area contributed by atoms with E-state index in [0.717, 1.165) is 48.1 Å². The molecule has 28 heavy (non-hydrogen) atoms. The predicted molar refractivity (Wildman–Crippen MR) is 110 cm³/mol. The van der Waals surface area contributed by atoms with Crippen LogP contribution in [0.1, 0.15) is 25.0 Å². The highest BCUT2D eigenvalue weighted by atomic mass is 35.5. The van der Waals surface area contributed by atoms with Crippen molar-refractivity contribution >= 4 is 28.3 Å². The molecule has 0 radical (unpaired) electrons. The highest BCUT2D eigenvalue weighted by Gasteiger charge is 2.43. The van der Waals surface area contributed by atoms with Gasteiger partial charge in [-0.15, -0.1) is 0 Å². The van der Waals surface area contributed by atoms with E-state index in [9.17, 15) is 4.21 Å². The van der Waals surface area contributed by atoms with E-state index in [-0.39, 0.29) is 0 Å². The molecule has 0 aromatic carbocycles. The summed E-state index contributed by atoms with van der Waals surface area (Å²) in [6.07, 6.45) is 10.3. The standard InChI is InChI=1S/C20H25ClN4O2S/c1-28(26)18-3-2-17(22-11-18)13-27-12-15-8-19(15)14-4-6-25(7-5-14)20-23-9-16(21)10-24-20/h2-3,9-11,14-15,19H,4-8,12-13H2,1H3. The molecule has 0 bridgehead atoms. The molecule has 2 aromatic heterocycles. The van der Waals surface area contributed by atoms with Gasteiger partial charge in [0.15, 0.2) is 0 Å². The van der Waals surface area contributed by atoms with Gasteiger partial charge in [-0.1, -0.05) is 11.6 Å². The first-order valence-electron chi connectivity index (χ1n) is 9.69. The minimum atomic E-state index is -0.985. The van der Waals surface area contributed by atoms with Crippen LogP contribution in [0.2, 0.25) is 5.02 Å². The molecule has 1 aliphatic heterocycles. The van der Waals surface area contributed by atoms with Crippen molar-refractivity contribution in [1.29, 1.82) is 0 Å². The Bertz CT molecular complexity index is 810. The van der Waals surface area contributed by atoms with Crippen molar-refractivity contribution < 1.29 is 8.95 Å². The summed E-state index contributed by atoms with van der Waals surface area (Å²) in [7, 11) is -0.985. The van der Waals surface area contributed by atoms with E-state index in [1.807, 2.05) is 12.1 Å². The first-order chi connectivity index (χ1) is 13.6. The number of piperidine rings is 1. The average Bonchev–Trinajstić information content (AvgIpc) is 3.49. The van der Waals surface area contributed by atoms with Crippen molar-refractivity contribution in [1.82, 2.24) is 15.0 Å². The van der Waals surface area contributed by atoms with Crippen molar-refractivity contribution in [2.24, 2.45) is 17.8 Å². The van der Waals surface area contributed by atoms with Gasteiger partial charge in [0, 0.05) is 25.5 Å². The Morgan fingerprint density at radius 2 is 1.93 bits per heavy atom. The predicted octanol–water partition coefficient (Wildman–Crippen LogP) is 3.33. The van der Waals surface area contributed by atoms with Gasteiger partial charge in [-0.3, -0.25) is 9.19 Å². The highest BCUT2D eigenvalue weighted by Crippen LogP contribution is 2.48. The molecule has 3 atom stereocenters. The third kappa shape index (κ3) is 4.88. The quantitative estimate of drug-likeness (QED) is 0.684. The zero-order valence-electron chi connectivity index (χ0n) is 16.0. The number of hydrogen-bond donors (Lipinski definition) is 0. The molecule has 4 rings (SSSR count). The lowest BCUT2D eigenvalue weighted by Crippen LogP contribution is -2.35. The molecule has 1 aliphatic carbocycles. The van der Waals surface area contributed by atoms with Crippen LogP contribution in [-0.2, 0) is 22.1 Å².